The molecule has 4 aromatic heterocycles. The second-order valence-corrected chi connectivity index (χ2v) is 10.2. The van der Waals surface area contributed by atoms with Crippen molar-refractivity contribution in [3.63, 3.8) is 0 Å². The largest absolute Gasteiger partial charge is 0.219 e. The van der Waals surface area contributed by atoms with Crippen molar-refractivity contribution in [2.45, 2.75) is 6.54 Å². The van der Waals surface area contributed by atoms with E-state index in [9.17, 15) is 0 Å². The van der Waals surface area contributed by atoms with Crippen molar-refractivity contribution < 1.29 is 13.5 Å². The zero-order valence-electron chi connectivity index (χ0n) is 22.5. The fraction of sp³-hybridized carbons (Fsp3) is 0.0541. The lowest BCUT2D eigenvalue weighted by Crippen LogP contribution is -2.37. The highest BCUT2D eigenvalue weighted by Gasteiger charge is 2.24. The highest BCUT2D eigenvalue weighted by molar-refractivity contribution is 5.96. The molecule has 0 saturated heterocycles. The quantitative estimate of drug-likeness (QED) is 0.177. The third-order valence-electron chi connectivity index (χ3n) is 7.76. The maximum absolute atomic E-state index is 2.37. The van der Waals surface area contributed by atoms with E-state index in [2.05, 4.69) is 173 Å². The van der Waals surface area contributed by atoms with Gasteiger partial charge in [-0.15, -0.1) is 0 Å². The van der Waals surface area contributed by atoms with E-state index in [1.54, 1.807) is 0 Å². The Balaban J connectivity index is 1.40. The number of benzene rings is 3. The van der Waals surface area contributed by atoms with E-state index < -0.39 is 0 Å². The van der Waals surface area contributed by atoms with Crippen LogP contribution in [0.3, 0.4) is 0 Å². The normalized spacial score (nSPS) is 11.2. The molecule has 0 fully saturated rings. The maximum atomic E-state index is 2.37. The molecular weight excluding hydrogens is 486 g/mol. The van der Waals surface area contributed by atoms with Crippen LogP contribution in [-0.4, -0.2) is 0 Å². The second kappa shape index (κ2) is 10.2. The van der Waals surface area contributed by atoms with E-state index >= 15 is 0 Å². The molecule has 3 aromatic carbocycles. The van der Waals surface area contributed by atoms with Gasteiger partial charge in [0.2, 0.25) is 22.6 Å². The van der Waals surface area contributed by atoms with E-state index in [0.717, 1.165) is 6.54 Å². The average Bonchev–Trinajstić information content (AvgIpc) is 3.02. The summed E-state index contributed by atoms with van der Waals surface area (Å²) < 4.78 is 6.88. The van der Waals surface area contributed by atoms with E-state index in [1.165, 1.54) is 55.6 Å². The van der Waals surface area contributed by atoms with E-state index in [-0.39, 0.29) is 0 Å². The molecule has 0 bridgehead atoms. The van der Waals surface area contributed by atoms with Crippen LogP contribution in [0.2, 0.25) is 0 Å². The third-order valence-corrected chi connectivity index (χ3v) is 7.76. The van der Waals surface area contributed by atoms with Gasteiger partial charge in [-0.1, -0.05) is 48.5 Å². The van der Waals surface area contributed by atoms with Gasteiger partial charge in [0.15, 0.2) is 25.1 Å². The second-order valence-electron chi connectivity index (χ2n) is 10.2. The average molecular weight is 517 g/mol. The van der Waals surface area contributed by atoms with Gasteiger partial charge in [0.1, 0.15) is 7.05 Å². The molecule has 7 rings (SSSR count). The van der Waals surface area contributed by atoms with Crippen molar-refractivity contribution in [2.24, 2.45) is 7.05 Å². The molecule has 0 N–H and O–H groups in total. The van der Waals surface area contributed by atoms with Crippen LogP contribution in [-0.2, 0) is 13.6 Å². The number of pyridine rings is 4. The first kappa shape index (κ1) is 23.9. The number of aromatic nitrogens is 3. The van der Waals surface area contributed by atoms with Crippen molar-refractivity contribution in [1.29, 1.82) is 0 Å². The molecule has 0 aliphatic carbocycles. The minimum Gasteiger partial charge on any atom is -0.201 e. The smallest absolute Gasteiger partial charge is 0.201 e. The van der Waals surface area contributed by atoms with Crippen LogP contribution < -0.4 is 13.5 Å². The Morgan fingerprint density at radius 3 is 1.98 bits per heavy atom. The Labute approximate surface area is 234 Å². The number of nitrogens with zero attached hydrogens (tertiary/aromatic N) is 3. The molecule has 0 atom stereocenters. The van der Waals surface area contributed by atoms with Crippen LogP contribution >= 0.6 is 0 Å². The van der Waals surface area contributed by atoms with E-state index in [1.807, 2.05) is 0 Å². The maximum Gasteiger partial charge on any atom is 0.219 e. The van der Waals surface area contributed by atoms with Crippen molar-refractivity contribution in [3.05, 3.63) is 158 Å². The molecule has 0 spiro atoms. The highest BCUT2D eigenvalue weighted by atomic mass is 15.0. The Morgan fingerprint density at radius 1 is 0.500 bits per heavy atom. The lowest BCUT2D eigenvalue weighted by atomic mass is 9.97. The highest BCUT2D eigenvalue weighted by Crippen LogP contribution is 2.31. The van der Waals surface area contributed by atoms with Crippen LogP contribution in [0.5, 0.6) is 0 Å². The number of hydrogen-bond acceptors (Lipinski definition) is 0. The van der Waals surface area contributed by atoms with Crippen LogP contribution in [0.1, 0.15) is 5.56 Å². The summed E-state index contributed by atoms with van der Waals surface area (Å²) in [6.07, 6.45) is 6.47. The molecule has 0 saturated carbocycles. The van der Waals surface area contributed by atoms with Gasteiger partial charge in [-0.25, -0.2) is 4.57 Å². The number of fused-ring (bicyclic) bond motifs is 3. The minimum atomic E-state index is 0.765. The fourth-order valence-electron chi connectivity index (χ4n) is 5.84. The summed E-state index contributed by atoms with van der Waals surface area (Å²) >= 11 is 0. The zero-order valence-corrected chi connectivity index (χ0v) is 22.5. The Morgan fingerprint density at radius 2 is 1.12 bits per heavy atom. The molecule has 3 heteroatoms. The summed E-state index contributed by atoms with van der Waals surface area (Å²) in [5.41, 5.74) is 9.71. The standard InChI is InChI=1S/C37H30N3/c1-38-23-11-8-20-34(38)31-17-5-3-15-29(31)27-39-24-12-9-21-35(39)32-18-6-7-19-33(32)37-26-28-14-2-4-16-30(28)36-22-10-13-25-40(36)37/h2-26H,27H2,1H3/q+3. The van der Waals surface area contributed by atoms with Crippen molar-refractivity contribution in [2.75, 3.05) is 0 Å². The SMILES string of the molecule is C[n+]1ccccc1-c1ccccc1C[n+]1ccccc1-c1ccccc1-c1cc2ccccc2c2cccc[n+]12. The number of hydrogen-bond donors (Lipinski definition) is 0. The van der Waals surface area contributed by atoms with E-state index in [0.29, 0.717) is 0 Å². The molecule has 3 nitrogen and oxygen atoms in total. The molecule has 4 heterocycles. The monoisotopic (exact) mass is 516 g/mol. The zero-order chi connectivity index (χ0) is 26.9. The first-order chi connectivity index (χ1) is 19.8. The topological polar surface area (TPSA) is 11.9 Å². The van der Waals surface area contributed by atoms with Gasteiger partial charge in [0.05, 0.1) is 22.1 Å². The molecule has 0 unspecified atom stereocenters. The summed E-state index contributed by atoms with van der Waals surface area (Å²) in [4.78, 5) is 0. The lowest BCUT2D eigenvalue weighted by Gasteiger charge is -2.11. The minimum absolute atomic E-state index is 0.765. The van der Waals surface area contributed by atoms with Crippen LogP contribution in [0, 0.1) is 0 Å². The van der Waals surface area contributed by atoms with Gasteiger partial charge in [-0.05, 0) is 47.9 Å². The van der Waals surface area contributed by atoms with Gasteiger partial charge in [0, 0.05) is 48.0 Å². The fourth-order valence-corrected chi connectivity index (χ4v) is 5.84. The first-order valence-corrected chi connectivity index (χ1v) is 13.7. The van der Waals surface area contributed by atoms with Gasteiger partial charge in [-0.3, -0.25) is 0 Å². The molecule has 190 valence electrons. The Kier molecular flexibility index (Phi) is 6.10. The molecule has 0 aliphatic rings. The van der Waals surface area contributed by atoms with Gasteiger partial charge < -0.3 is 0 Å². The summed E-state index contributed by atoms with van der Waals surface area (Å²) in [5.74, 6) is 0. The molecule has 0 amide bonds. The predicted octanol–water partition coefficient (Wildman–Crippen LogP) is 6.74. The molecule has 7 aromatic rings. The van der Waals surface area contributed by atoms with Crippen molar-refractivity contribution >= 4 is 16.3 Å². The predicted molar refractivity (Wildman–Crippen MR) is 160 cm³/mol. The lowest BCUT2D eigenvalue weighted by molar-refractivity contribution is -0.677. The van der Waals surface area contributed by atoms with Crippen molar-refractivity contribution in [3.8, 4) is 33.8 Å². The number of aryl methyl sites for hydroxylation is 1. The van der Waals surface area contributed by atoms with Crippen LogP contribution in [0.4, 0.5) is 0 Å². The third kappa shape index (κ3) is 4.22. The molecular formula is C37H30N3+3. The van der Waals surface area contributed by atoms with Gasteiger partial charge >= 0.3 is 0 Å². The Bertz CT molecular complexity index is 2010. The summed E-state index contributed by atoms with van der Waals surface area (Å²) in [5, 5.41) is 2.49. The van der Waals surface area contributed by atoms with E-state index in [4.69, 9.17) is 0 Å². The molecule has 0 aliphatic heterocycles. The molecule has 0 radical (unpaired) electrons. The number of rotatable bonds is 5. The van der Waals surface area contributed by atoms with Crippen LogP contribution in [0.15, 0.2) is 152 Å². The van der Waals surface area contributed by atoms with Gasteiger partial charge in [0.25, 0.3) is 0 Å². The van der Waals surface area contributed by atoms with Crippen molar-refractivity contribution in [1.82, 2.24) is 0 Å². The van der Waals surface area contributed by atoms with Gasteiger partial charge in [-0.2, -0.15) is 8.97 Å². The summed E-state index contributed by atoms with van der Waals surface area (Å²) in [7, 11) is 2.11. The Hall–Kier alpha value is -5.15. The summed E-state index contributed by atoms with van der Waals surface area (Å²) in [6, 6.07) is 47.7. The summed E-state index contributed by atoms with van der Waals surface area (Å²) in [6.45, 7) is 0.765. The molecule has 40 heavy (non-hydrogen) atoms. The van der Waals surface area contributed by atoms with Crippen LogP contribution in [0.25, 0.3) is 50.1 Å². The first-order valence-electron chi connectivity index (χ1n) is 13.7.